The quantitative estimate of drug-likeness (QED) is 0.692. The van der Waals surface area contributed by atoms with Gasteiger partial charge < -0.3 is 4.90 Å². The van der Waals surface area contributed by atoms with E-state index in [0.717, 1.165) is 17.3 Å². The molecule has 18 heavy (non-hydrogen) atoms. The van der Waals surface area contributed by atoms with Gasteiger partial charge in [-0.1, -0.05) is 20.8 Å². The minimum atomic E-state index is 0.658. The van der Waals surface area contributed by atoms with Crippen molar-refractivity contribution in [2.75, 3.05) is 13.6 Å². The molecule has 0 heterocycles. The maximum absolute atomic E-state index is 2.52. The van der Waals surface area contributed by atoms with E-state index in [-0.39, 0.29) is 0 Å². The van der Waals surface area contributed by atoms with Gasteiger partial charge in [0.1, 0.15) is 0 Å². The standard InChI is InChI=1S/C17H33N/c1-13(2)15-9-17(10-15)11-16(5,12-17)7-8-18(6)14(3)4/h13-15H,7-12H2,1-6H3. The lowest BCUT2D eigenvalue weighted by molar-refractivity contribution is -0.134. The molecular formula is C17H33N. The Morgan fingerprint density at radius 2 is 1.67 bits per heavy atom. The van der Waals surface area contributed by atoms with Crippen molar-refractivity contribution < 1.29 is 0 Å². The van der Waals surface area contributed by atoms with Gasteiger partial charge in [-0.15, -0.1) is 0 Å². The average Bonchev–Trinajstić information content (AvgIpc) is 2.17. The molecule has 0 saturated heterocycles. The maximum Gasteiger partial charge on any atom is 0.00355 e. The molecule has 106 valence electrons. The van der Waals surface area contributed by atoms with Crippen LogP contribution in [0.3, 0.4) is 0 Å². The summed E-state index contributed by atoms with van der Waals surface area (Å²) < 4.78 is 0. The van der Waals surface area contributed by atoms with Gasteiger partial charge in [0.2, 0.25) is 0 Å². The summed E-state index contributed by atoms with van der Waals surface area (Å²) in [5.74, 6) is 1.95. The zero-order chi connectivity index (χ0) is 13.6. The van der Waals surface area contributed by atoms with Crippen LogP contribution in [0, 0.1) is 22.7 Å². The van der Waals surface area contributed by atoms with E-state index in [2.05, 4.69) is 46.6 Å². The van der Waals surface area contributed by atoms with Gasteiger partial charge >= 0.3 is 0 Å². The molecule has 0 amide bonds. The Morgan fingerprint density at radius 1 is 1.11 bits per heavy atom. The lowest BCUT2D eigenvalue weighted by Crippen LogP contribution is -2.54. The molecule has 0 N–H and O–H groups in total. The molecular weight excluding hydrogens is 218 g/mol. The fourth-order valence-electron chi connectivity index (χ4n) is 4.45. The Morgan fingerprint density at radius 3 is 2.11 bits per heavy atom. The first kappa shape index (κ1) is 14.4. The van der Waals surface area contributed by atoms with Crippen LogP contribution in [-0.2, 0) is 0 Å². The third-order valence-electron chi connectivity index (χ3n) is 5.89. The topological polar surface area (TPSA) is 3.24 Å². The number of hydrogen-bond acceptors (Lipinski definition) is 1. The molecule has 1 spiro atoms. The first-order chi connectivity index (χ1) is 8.25. The number of rotatable bonds is 5. The van der Waals surface area contributed by atoms with Crippen molar-refractivity contribution in [3.05, 3.63) is 0 Å². The first-order valence-corrected chi connectivity index (χ1v) is 7.96. The number of nitrogens with zero attached hydrogens (tertiary/aromatic N) is 1. The second-order valence-electron chi connectivity index (χ2n) is 8.40. The molecule has 0 aliphatic heterocycles. The van der Waals surface area contributed by atoms with Crippen molar-refractivity contribution in [2.45, 2.75) is 72.8 Å². The highest BCUT2D eigenvalue weighted by molar-refractivity contribution is 5.08. The van der Waals surface area contributed by atoms with Crippen molar-refractivity contribution in [3.8, 4) is 0 Å². The summed E-state index contributed by atoms with van der Waals surface area (Å²) in [6.07, 6.45) is 7.47. The first-order valence-electron chi connectivity index (χ1n) is 7.96. The fourth-order valence-corrected chi connectivity index (χ4v) is 4.45. The predicted molar refractivity (Wildman–Crippen MR) is 79.7 cm³/mol. The van der Waals surface area contributed by atoms with Gasteiger partial charge in [0.15, 0.2) is 0 Å². The minimum Gasteiger partial charge on any atom is -0.304 e. The van der Waals surface area contributed by atoms with Crippen molar-refractivity contribution in [3.63, 3.8) is 0 Å². The van der Waals surface area contributed by atoms with Gasteiger partial charge in [-0.25, -0.2) is 0 Å². The van der Waals surface area contributed by atoms with Crippen LogP contribution in [0.4, 0.5) is 0 Å². The Labute approximate surface area is 114 Å². The summed E-state index contributed by atoms with van der Waals surface area (Å²) in [7, 11) is 2.26. The SMILES string of the molecule is CC(C)C1CC2(C1)CC(C)(CCN(C)C(C)C)C2. The normalized spacial score (nSPS) is 39.5. The minimum absolute atomic E-state index is 0.658. The smallest absolute Gasteiger partial charge is 0.00355 e. The average molecular weight is 251 g/mol. The summed E-state index contributed by atoms with van der Waals surface area (Å²) in [6.45, 7) is 13.2. The summed E-state index contributed by atoms with van der Waals surface area (Å²) in [6, 6.07) is 0.691. The Bertz CT molecular complexity index is 278. The molecule has 2 aliphatic rings. The highest BCUT2D eigenvalue weighted by Gasteiger charge is 2.57. The van der Waals surface area contributed by atoms with Crippen molar-refractivity contribution >= 4 is 0 Å². The summed E-state index contributed by atoms with van der Waals surface area (Å²) in [5, 5.41) is 0. The monoisotopic (exact) mass is 251 g/mol. The van der Waals surface area contributed by atoms with Crippen molar-refractivity contribution in [2.24, 2.45) is 22.7 Å². The molecule has 0 aromatic heterocycles. The van der Waals surface area contributed by atoms with E-state index in [9.17, 15) is 0 Å². The summed E-state index contributed by atoms with van der Waals surface area (Å²) in [5.41, 5.74) is 1.45. The van der Waals surface area contributed by atoms with Gasteiger partial charge in [0.25, 0.3) is 0 Å². The maximum atomic E-state index is 2.52. The van der Waals surface area contributed by atoms with Crippen LogP contribution in [0.25, 0.3) is 0 Å². The Kier molecular flexibility index (Phi) is 3.84. The van der Waals surface area contributed by atoms with Crippen LogP contribution < -0.4 is 0 Å². The second-order valence-corrected chi connectivity index (χ2v) is 8.40. The van der Waals surface area contributed by atoms with E-state index in [1.54, 1.807) is 0 Å². The van der Waals surface area contributed by atoms with Gasteiger partial charge in [0, 0.05) is 6.04 Å². The molecule has 0 aromatic carbocycles. The van der Waals surface area contributed by atoms with Crippen LogP contribution in [0.15, 0.2) is 0 Å². The Balaban J connectivity index is 1.71. The molecule has 1 nitrogen and oxygen atoms in total. The zero-order valence-corrected chi connectivity index (χ0v) is 13.4. The molecule has 2 aliphatic carbocycles. The van der Waals surface area contributed by atoms with E-state index < -0.39 is 0 Å². The Hall–Kier alpha value is -0.0400. The highest BCUT2D eigenvalue weighted by atomic mass is 15.1. The fraction of sp³-hybridized carbons (Fsp3) is 1.00. The molecule has 1 heteroatoms. The van der Waals surface area contributed by atoms with Gasteiger partial charge in [-0.2, -0.15) is 0 Å². The van der Waals surface area contributed by atoms with Gasteiger partial charge in [-0.3, -0.25) is 0 Å². The highest BCUT2D eigenvalue weighted by Crippen LogP contribution is 2.68. The molecule has 0 bridgehead atoms. The van der Waals surface area contributed by atoms with Gasteiger partial charge in [0.05, 0.1) is 0 Å². The third kappa shape index (κ3) is 2.76. The summed E-state index contributed by atoms with van der Waals surface area (Å²) in [4.78, 5) is 2.49. The molecule has 2 fully saturated rings. The van der Waals surface area contributed by atoms with Crippen LogP contribution in [0.1, 0.15) is 66.7 Å². The molecule has 2 saturated carbocycles. The van der Waals surface area contributed by atoms with Crippen LogP contribution >= 0.6 is 0 Å². The third-order valence-corrected chi connectivity index (χ3v) is 5.89. The van der Waals surface area contributed by atoms with E-state index in [0.29, 0.717) is 11.5 Å². The largest absolute Gasteiger partial charge is 0.304 e. The van der Waals surface area contributed by atoms with E-state index in [1.165, 1.54) is 38.6 Å². The van der Waals surface area contributed by atoms with Crippen LogP contribution in [0.2, 0.25) is 0 Å². The molecule has 0 aromatic rings. The zero-order valence-electron chi connectivity index (χ0n) is 13.4. The van der Waals surface area contributed by atoms with Crippen molar-refractivity contribution in [1.82, 2.24) is 4.90 Å². The van der Waals surface area contributed by atoms with E-state index >= 15 is 0 Å². The van der Waals surface area contributed by atoms with E-state index in [4.69, 9.17) is 0 Å². The van der Waals surface area contributed by atoms with E-state index in [1.807, 2.05) is 0 Å². The molecule has 2 rings (SSSR count). The predicted octanol–water partition coefficient (Wildman–Crippen LogP) is 4.57. The number of hydrogen-bond donors (Lipinski definition) is 0. The van der Waals surface area contributed by atoms with Crippen LogP contribution in [0.5, 0.6) is 0 Å². The van der Waals surface area contributed by atoms with Crippen molar-refractivity contribution in [1.29, 1.82) is 0 Å². The molecule has 0 unspecified atom stereocenters. The van der Waals surface area contributed by atoms with Crippen LogP contribution in [-0.4, -0.2) is 24.5 Å². The molecule has 0 atom stereocenters. The second kappa shape index (κ2) is 4.81. The molecule has 0 radical (unpaired) electrons. The lowest BCUT2D eigenvalue weighted by atomic mass is 9.41. The summed E-state index contributed by atoms with van der Waals surface area (Å²) >= 11 is 0. The lowest BCUT2D eigenvalue weighted by Gasteiger charge is -2.64. The van der Waals surface area contributed by atoms with Gasteiger partial charge in [-0.05, 0) is 82.2 Å².